The number of aromatic nitrogens is 3. The number of para-hydroxylation sites is 1. The highest BCUT2D eigenvalue weighted by Crippen LogP contribution is 2.23. The lowest BCUT2D eigenvalue weighted by molar-refractivity contribution is 0.0387. The molecular weight excluding hydrogens is 336 g/mol. The Balaban J connectivity index is 1.28. The van der Waals surface area contributed by atoms with Gasteiger partial charge < -0.3 is 19.1 Å². The number of nitrogens with zero attached hydrogens (tertiary/aromatic N) is 4. The molecule has 8 heteroatoms. The quantitative estimate of drug-likeness (QED) is 0.767. The first-order chi connectivity index (χ1) is 12.7. The van der Waals surface area contributed by atoms with Gasteiger partial charge >= 0.3 is 0 Å². The lowest BCUT2D eigenvalue weighted by Crippen LogP contribution is -2.52. The molecule has 4 rings (SSSR count). The number of methoxy groups -OCH3 is 1. The Morgan fingerprint density at radius 2 is 2.08 bits per heavy atom. The number of amides is 1. The lowest BCUT2D eigenvalue weighted by atomic mass is 10.0. The number of ether oxygens (including phenoxy) is 3. The third kappa shape index (κ3) is 3.42. The van der Waals surface area contributed by atoms with Gasteiger partial charge in [-0.2, -0.15) is 0 Å². The Morgan fingerprint density at radius 3 is 2.85 bits per heavy atom. The predicted octanol–water partition coefficient (Wildman–Crippen LogP) is 1.02. The minimum absolute atomic E-state index is 0.0440. The molecule has 0 N–H and O–H groups in total. The van der Waals surface area contributed by atoms with E-state index in [2.05, 4.69) is 10.3 Å². The number of hydrogen-bond acceptors (Lipinski definition) is 6. The first kappa shape index (κ1) is 17.0. The minimum Gasteiger partial charge on any atom is -0.493 e. The largest absolute Gasteiger partial charge is 0.493 e. The van der Waals surface area contributed by atoms with E-state index in [-0.39, 0.29) is 18.1 Å². The molecule has 1 aromatic heterocycles. The fourth-order valence-corrected chi connectivity index (χ4v) is 3.27. The van der Waals surface area contributed by atoms with E-state index < -0.39 is 0 Å². The van der Waals surface area contributed by atoms with Crippen molar-refractivity contribution in [2.24, 2.45) is 5.92 Å². The lowest BCUT2D eigenvalue weighted by Gasteiger charge is -2.38. The van der Waals surface area contributed by atoms with Gasteiger partial charge in [0.25, 0.3) is 5.91 Å². The summed E-state index contributed by atoms with van der Waals surface area (Å²) in [6.07, 6.45) is 1.62. The zero-order valence-electron chi connectivity index (χ0n) is 14.7. The van der Waals surface area contributed by atoms with Gasteiger partial charge in [0.1, 0.15) is 17.9 Å². The Labute approximate surface area is 151 Å². The van der Waals surface area contributed by atoms with Gasteiger partial charge in [-0.05, 0) is 12.1 Å². The van der Waals surface area contributed by atoms with Crippen LogP contribution in [0.5, 0.6) is 5.75 Å². The summed E-state index contributed by atoms with van der Waals surface area (Å²) in [7, 11) is 1.65. The van der Waals surface area contributed by atoms with E-state index in [1.54, 1.807) is 22.9 Å². The highest BCUT2D eigenvalue weighted by Gasteiger charge is 2.35. The summed E-state index contributed by atoms with van der Waals surface area (Å²) in [5, 5.41) is 8.12. The molecule has 1 amide bonds. The molecule has 0 saturated carbocycles. The third-order valence-electron chi connectivity index (χ3n) is 4.85. The molecule has 0 spiro atoms. The second-order valence-corrected chi connectivity index (χ2v) is 6.66. The summed E-state index contributed by atoms with van der Waals surface area (Å²) < 4.78 is 18.2. The number of rotatable bonds is 6. The maximum absolute atomic E-state index is 12.5. The van der Waals surface area contributed by atoms with E-state index in [9.17, 15) is 4.79 Å². The number of likely N-dealkylation sites (tertiary alicyclic amines) is 1. The molecular formula is C18H22N4O4. The van der Waals surface area contributed by atoms with Gasteiger partial charge in [-0.1, -0.05) is 23.4 Å². The molecule has 8 nitrogen and oxygen atoms in total. The van der Waals surface area contributed by atoms with Crippen LogP contribution in [0.25, 0.3) is 0 Å². The van der Waals surface area contributed by atoms with E-state index >= 15 is 0 Å². The van der Waals surface area contributed by atoms with Crippen molar-refractivity contribution < 1.29 is 19.0 Å². The van der Waals surface area contributed by atoms with Crippen molar-refractivity contribution >= 4 is 5.91 Å². The second kappa shape index (κ2) is 7.43. The number of benzene rings is 1. The maximum Gasteiger partial charge on any atom is 0.276 e. The Morgan fingerprint density at radius 1 is 1.27 bits per heavy atom. The topological polar surface area (TPSA) is 78.7 Å². The first-order valence-corrected chi connectivity index (χ1v) is 8.74. The van der Waals surface area contributed by atoms with Crippen molar-refractivity contribution in [2.75, 3.05) is 40.0 Å². The van der Waals surface area contributed by atoms with Crippen LogP contribution in [0, 0.1) is 5.92 Å². The molecule has 2 aliphatic rings. The molecule has 2 aliphatic heterocycles. The van der Waals surface area contributed by atoms with E-state index in [0.717, 1.165) is 5.75 Å². The van der Waals surface area contributed by atoms with Gasteiger partial charge in [-0.15, -0.1) is 5.10 Å². The maximum atomic E-state index is 12.5. The molecule has 0 bridgehead atoms. The summed E-state index contributed by atoms with van der Waals surface area (Å²) in [5.41, 5.74) is 0.356. The first-order valence-electron chi connectivity index (χ1n) is 8.74. The molecule has 1 aromatic carbocycles. The molecule has 138 valence electrons. The van der Waals surface area contributed by atoms with Crippen LogP contribution in [0.3, 0.4) is 0 Å². The van der Waals surface area contributed by atoms with Crippen molar-refractivity contribution in [3.05, 3.63) is 42.2 Å². The smallest absolute Gasteiger partial charge is 0.276 e. The SMILES string of the molecule is CO[C@@H]1COC[C@H]1n1cc(C(=O)N2CC(COc3ccccc3)C2)nn1. The van der Waals surface area contributed by atoms with Crippen LogP contribution in [0.2, 0.25) is 0 Å². The predicted molar refractivity (Wildman–Crippen MR) is 92.0 cm³/mol. The van der Waals surface area contributed by atoms with Gasteiger partial charge in [0, 0.05) is 26.1 Å². The van der Waals surface area contributed by atoms with Gasteiger partial charge in [0.15, 0.2) is 5.69 Å². The normalized spacial score (nSPS) is 23.0. The molecule has 2 aromatic rings. The molecule has 3 heterocycles. The van der Waals surface area contributed by atoms with Crippen molar-refractivity contribution in [3.63, 3.8) is 0 Å². The molecule has 0 aliphatic carbocycles. The van der Waals surface area contributed by atoms with Crippen molar-refractivity contribution in [1.29, 1.82) is 0 Å². The zero-order chi connectivity index (χ0) is 17.9. The third-order valence-corrected chi connectivity index (χ3v) is 4.85. The highest BCUT2D eigenvalue weighted by molar-refractivity contribution is 5.92. The summed E-state index contributed by atoms with van der Waals surface area (Å²) >= 11 is 0. The molecule has 26 heavy (non-hydrogen) atoms. The van der Waals surface area contributed by atoms with Crippen molar-refractivity contribution in [3.8, 4) is 5.75 Å². The van der Waals surface area contributed by atoms with Crippen molar-refractivity contribution in [1.82, 2.24) is 19.9 Å². The Bertz CT molecular complexity index is 745. The van der Waals surface area contributed by atoms with E-state index in [1.165, 1.54) is 0 Å². The van der Waals surface area contributed by atoms with Crippen LogP contribution < -0.4 is 4.74 Å². The van der Waals surface area contributed by atoms with Gasteiger partial charge in [0.2, 0.25) is 0 Å². The highest BCUT2D eigenvalue weighted by atomic mass is 16.5. The average molecular weight is 358 g/mol. The molecule has 2 saturated heterocycles. The number of hydrogen-bond donors (Lipinski definition) is 0. The standard InChI is InChI=1S/C18H22N4O4/c1-24-17-12-25-11-16(17)22-9-15(19-20-22)18(23)21-7-13(8-21)10-26-14-5-3-2-4-6-14/h2-6,9,13,16-17H,7-8,10-12H2,1H3/t16-,17-/m1/s1. The number of carbonyl (C=O) groups is 1. The fourth-order valence-electron chi connectivity index (χ4n) is 3.27. The summed E-state index contributed by atoms with van der Waals surface area (Å²) in [6.45, 7) is 2.99. The minimum atomic E-state index is -0.0971. The Hall–Kier alpha value is -2.45. The van der Waals surface area contributed by atoms with E-state index in [4.69, 9.17) is 14.2 Å². The molecule has 0 unspecified atom stereocenters. The van der Waals surface area contributed by atoms with Gasteiger partial charge in [0.05, 0.1) is 26.0 Å². The summed E-state index contributed by atoms with van der Waals surface area (Å²) in [4.78, 5) is 14.3. The van der Waals surface area contributed by atoms with Crippen LogP contribution in [0.4, 0.5) is 0 Å². The Kier molecular flexibility index (Phi) is 4.85. The summed E-state index contributed by atoms with van der Waals surface area (Å²) in [5.74, 6) is 1.10. The summed E-state index contributed by atoms with van der Waals surface area (Å²) in [6, 6.07) is 9.66. The zero-order valence-corrected chi connectivity index (χ0v) is 14.7. The van der Waals surface area contributed by atoms with Crippen LogP contribution >= 0.6 is 0 Å². The van der Waals surface area contributed by atoms with Crippen molar-refractivity contribution in [2.45, 2.75) is 12.1 Å². The van der Waals surface area contributed by atoms with Crippen LogP contribution in [-0.2, 0) is 9.47 Å². The molecule has 0 radical (unpaired) electrons. The average Bonchev–Trinajstić information content (AvgIpc) is 3.29. The monoisotopic (exact) mass is 358 g/mol. The molecule has 2 atom stereocenters. The van der Waals surface area contributed by atoms with Gasteiger partial charge in [-0.25, -0.2) is 4.68 Å². The second-order valence-electron chi connectivity index (χ2n) is 6.66. The fraction of sp³-hybridized carbons (Fsp3) is 0.500. The van der Waals surface area contributed by atoms with E-state index in [1.807, 2.05) is 30.3 Å². The van der Waals surface area contributed by atoms with E-state index in [0.29, 0.717) is 44.5 Å². The number of carbonyl (C=O) groups excluding carboxylic acids is 1. The molecule has 2 fully saturated rings. The van der Waals surface area contributed by atoms with Crippen LogP contribution in [0.1, 0.15) is 16.5 Å². The van der Waals surface area contributed by atoms with Crippen LogP contribution in [-0.4, -0.2) is 71.9 Å². The van der Waals surface area contributed by atoms with Gasteiger partial charge in [-0.3, -0.25) is 4.79 Å². The van der Waals surface area contributed by atoms with Crippen LogP contribution in [0.15, 0.2) is 36.5 Å².